The first kappa shape index (κ1) is 17.0. The van der Waals surface area contributed by atoms with Gasteiger partial charge in [0.2, 0.25) is 11.8 Å². The molecule has 130 valence electrons. The van der Waals surface area contributed by atoms with Crippen molar-refractivity contribution in [2.45, 2.75) is 57.0 Å². The summed E-state index contributed by atoms with van der Waals surface area (Å²) in [6, 6.07) is 7.92. The molecule has 1 fully saturated rings. The fourth-order valence-electron chi connectivity index (χ4n) is 3.81. The number of aryl methyl sites for hydroxylation is 1. The maximum absolute atomic E-state index is 12.5. The van der Waals surface area contributed by atoms with E-state index in [9.17, 15) is 14.7 Å². The van der Waals surface area contributed by atoms with E-state index in [-0.39, 0.29) is 24.8 Å². The van der Waals surface area contributed by atoms with Gasteiger partial charge in [-0.15, -0.1) is 0 Å². The minimum atomic E-state index is -0.886. The van der Waals surface area contributed by atoms with E-state index < -0.39 is 5.60 Å². The number of carbonyl (C=O) groups is 2. The van der Waals surface area contributed by atoms with Crippen LogP contribution in [-0.2, 0) is 16.0 Å². The van der Waals surface area contributed by atoms with E-state index in [0.717, 1.165) is 37.8 Å². The first-order valence-electron chi connectivity index (χ1n) is 8.95. The van der Waals surface area contributed by atoms with Crippen LogP contribution in [0.5, 0.6) is 0 Å². The predicted octanol–water partition coefficient (Wildman–Crippen LogP) is 2.17. The van der Waals surface area contributed by atoms with Gasteiger partial charge in [0.1, 0.15) is 0 Å². The minimum Gasteiger partial charge on any atom is -0.389 e. The van der Waals surface area contributed by atoms with Crippen molar-refractivity contribution in [2.24, 2.45) is 0 Å². The minimum absolute atomic E-state index is 0.0107. The van der Waals surface area contributed by atoms with Crippen LogP contribution >= 0.6 is 0 Å². The van der Waals surface area contributed by atoms with Gasteiger partial charge < -0.3 is 15.3 Å². The van der Waals surface area contributed by atoms with Gasteiger partial charge in [-0.1, -0.05) is 37.5 Å². The highest BCUT2D eigenvalue weighted by molar-refractivity contribution is 5.97. The Balaban J connectivity index is 1.53. The lowest BCUT2D eigenvalue weighted by Crippen LogP contribution is -2.44. The molecule has 2 N–H and O–H groups in total. The second-order valence-corrected chi connectivity index (χ2v) is 7.02. The lowest BCUT2D eigenvalue weighted by atomic mass is 9.82. The van der Waals surface area contributed by atoms with Crippen LogP contribution in [0.4, 0.5) is 5.69 Å². The average molecular weight is 330 g/mol. The third-order valence-electron chi connectivity index (χ3n) is 5.12. The molecule has 0 bridgehead atoms. The van der Waals surface area contributed by atoms with Crippen molar-refractivity contribution in [3.05, 3.63) is 29.8 Å². The van der Waals surface area contributed by atoms with E-state index in [2.05, 4.69) is 5.32 Å². The molecule has 1 aliphatic heterocycles. The summed E-state index contributed by atoms with van der Waals surface area (Å²) in [7, 11) is 0. The summed E-state index contributed by atoms with van der Waals surface area (Å²) < 4.78 is 0. The Labute approximate surface area is 143 Å². The van der Waals surface area contributed by atoms with Gasteiger partial charge in [-0.05, 0) is 37.3 Å². The molecule has 1 saturated carbocycles. The first-order valence-corrected chi connectivity index (χ1v) is 8.95. The van der Waals surface area contributed by atoms with Crippen LogP contribution in [0.15, 0.2) is 24.3 Å². The molecule has 24 heavy (non-hydrogen) atoms. The molecular weight excluding hydrogens is 304 g/mol. The van der Waals surface area contributed by atoms with Gasteiger partial charge in [-0.3, -0.25) is 9.59 Å². The predicted molar refractivity (Wildman–Crippen MR) is 92.8 cm³/mol. The zero-order valence-corrected chi connectivity index (χ0v) is 14.1. The van der Waals surface area contributed by atoms with Crippen molar-refractivity contribution in [3.63, 3.8) is 0 Å². The summed E-state index contributed by atoms with van der Waals surface area (Å²) >= 11 is 0. The monoisotopic (exact) mass is 330 g/mol. The van der Waals surface area contributed by atoms with Crippen LogP contribution in [0.1, 0.15) is 50.5 Å². The van der Waals surface area contributed by atoms with Crippen LogP contribution in [0.2, 0.25) is 0 Å². The Hall–Kier alpha value is -1.88. The molecule has 1 aliphatic carbocycles. The molecule has 1 aromatic carbocycles. The molecule has 0 saturated heterocycles. The second-order valence-electron chi connectivity index (χ2n) is 7.02. The molecule has 2 aliphatic rings. The van der Waals surface area contributed by atoms with E-state index in [0.29, 0.717) is 19.4 Å². The summed E-state index contributed by atoms with van der Waals surface area (Å²) in [4.78, 5) is 26.4. The quantitative estimate of drug-likeness (QED) is 0.889. The van der Waals surface area contributed by atoms with Crippen molar-refractivity contribution < 1.29 is 14.7 Å². The normalized spacial score (nSPS) is 19.5. The molecule has 0 atom stereocenters. The maximum Gasteiger partial charge on any atom is 0.246 e. The van der Waals surface area contributed by atoms with Gasteiger partial charge >= 0.3 is 0 Å². The molecule has 2 amide bonds. The number of nitrogens with one attached hydrogen (secondary N) is 1. The number of hydrogen-bond acceptors (Lipinski definition) is 3. The Morgan fingerprint density at radius 3 is 2.67 bits per heavy atom. The second kappa shape index (κ2) is 7.34. The van der Waals surface area contributed by atoms with Crippen molar-refractivity contribution in [3.8, 4) is 0 Å². The largest absolute Gasteiger partial charge is 0.389 e. The molecular formula is C19H26N2O3. The summed E-state index contributed by atoms with van der Waals surface area (Å²) in [6.07, 6.45) is 6.42. The fourth-order valence-corrected chi connectivity index (χ4v) is 3.81. The lowest BCUT2D eigenvalue weighted by Gasteiger charge is -2.32. The van der Waals surface area contributed by atoms with E-state index in [1.807, 2.05) is 24.3 Å². The molecule has 1 aromatic rings. The van der Waals surface area contributed by atoms with Gasteiger partial charge in [0.25, 0.3) is 0 Å². The van der Waals surface area contributed by atoms with Gasteiger partial charge in [0.05, 0.1) is 18.6 Å². The molecule has 1 heterocycles. The summed E-state index contributed by atoms with van der Waals surface area (Å²) in [5.74, 6) is -0.329. The molecule has 5 heteroatoms. The average Bonchev–Trinajstić information content (AvgIpc) is 2.59. The van der Waals surface area contributed by atoms with Crippen molar-refractivity contribution in [1.82, 2.24) is 5.32 Å². The Morgan fingerprint density at radius 2 is 1.88 bits per heavy atom. The number of nitrogens with zero attached hydrogens (tertiary/aromatic N) is 1. The molecule has 0 aromatic heterocycles. The summed E-state index contributed by atoms with van der Waals surface area (Å²) in [5.41, 5.74) is 1.25. The van der Waals surface area contributed by atoms with Crippen LogP contribution in [-0.4, -0.2) is 35.6 Å². The van der Waals surface area contributed by atoms with E-state index >= 15 is 0 Å². The summed E-state index contributed by atoms with van der Waals surface area (Å²) in [5, 5.41) is 13.1. The van der Waals surface area contributed by atoms with Crippen LogP contribution in [0, 0.1) is 0 Å². The van der Waals surface area contributed by atoms with Crippen molar-refractivity contribution in [2.75, 3.05) is 18.0 Å². The zero-order valence-electron chi connectivity index (χ0n) is 14.1. The number of fused-ring (bicyclic) bond motifs is 1. The van der Waals surface area contributed by atoms with Crippen molar-refractivity contribution in [1.29, 1.82) is 0 Å². The highest BCUT2D eigenvalue weighted by atomic mass is 16.3. The Morgan fingerprint density at radius 1 is 1.12 bits per heavy atom. The number of benzene rings is 1. The van der Waals surface area contributed by atoms with E-state index in [1.165, 1.54) is 5.56 Å². The number of hydrogen-bond donors (Lipinski definition) is 2. The highest BCUT2D eigenvalue weighted by Crippen LogP contribution is 2.30. The number of anilines is 1. The Kier molecular flexibility index (Phi) is 5.19. The maximum atomic E-state index is 12.5. The van der Waals surface area contributed by atoms with E-state index in [1.54, 1.807) is 4.90 Å². The molecule has 5 nitrogen and oxygen atoms in total. The van der Waals surface area contributed by atoms with Crippen molar-refractivity contribution >= 4 is 17.5 Å². The number of aliphatic hydroxyl groups is 1. The molecule has 0 unspecified atom stereocenters. The van der Waals surface area contributed by atoms with Gasteiger partial charge in [-0.25, -0.2) is 0 Å². The Bertz CT molecular complexity index is 608. The fraction of sp³-hybridized carbons (Fsp3) is 0.579. The number of rotatable bonds is 4. The van der Waals surface area contributed by atoms with E-state index in [4.69, 9.17) is 0 Å². The number of amides is 2. The van der Waals surface area contributed by atoms with Crippen LogP contribution in [0.3, 0.4) is 0 Å². The topological polar surface area (TPSA) is 69.6 Å². The first-order chi connectivity index (χ1) is 11.6. The number of para-hydroxylation sites is 1. The SMILES string of the molecule is O=C(CC1(O)CCCCC1)NCC(=O)N1CCCc2ccccc21. The van der Waals surface area contributed by atoms with Crippen LogP contribution in [0.25, 0.3) is 0 Å². The zero-order chi connectivity index (χ0) is 17.0. The third-order valence-corrected chi connectivity index (χ3v) is 5.12. The molecule has 0 spiro atoms. The van der Waals surface area contributed by atoms with Gasteiger partial charge in [0.15, 0.2) is 0 Å². The van der Waals surface area contributed by atoms with Gasteiger partial charge in [-0.2, -0.15) is 0 Å². The highest BCUT2D eigenvalue weighted by Gasteiger charge is 2.32. The standard InChI is InChI=1S/C19H26N2O3/c22-17(13-19(24)10-4-1-5-11-19)20-14-18(23)21-12-6-8-15-7-2-3-9-16(15)21/h2-3,7,9,24H,1,4-6,8,10-14H2,(H,20,22). The van der Waals surface area contributed by atoms with Crippen LogP contribution < -0.4 is 10.2 Å². The summed E-state index contributed by atoms with van der Waals surface area (Å²) in [6.45, 7) is 0.679. The molecule has 0 radical (unpaired) electrons. The smallest absolute Gasteiger partial charge is 0.246 e. The third kappa shape index (κ3) is 3.96. The number of carbonyl (C=O) groups excluding carboxylic acids is 2. The molecule has 3 rings (SSSR count). The lowest BCUT2D eigenvalue weighted by molar-refractivity contribution is -0.129. The van der Waals surface area contributed by atoms with Gasteiger partial charge in [0, 0.05) is 12.2 Å².